The second kappa shape index (κ2) is 8.45. The number of nitrogens with zero attached hydrogens (tertiary/aromatic N) is 1. The third-order valence-corrected chi connectivity index (χ3v) is 6.43. The molecule has 3 aromatic carbocycles. The van der Waals surface area contributed by atoms with Crippen LogP contribution in [0.1, 0.15) is 30.5 Å². The van der Waals surface area contributed by atoms with Gasteiger partial charge in [-0.05, 0) is 55.3 Å². The first-order valence-electron chi connectivity index (χ1n) is 10.2. The molecule has 1 heterocycles. The zero-order valence-corrected chi connectivity index (χ0v) is 19.2. The molecule has 0 saturated heterocycles. The lowest BCUT2D eigenvalue weighted by Crippen LogP contribution is -2.39. The highest BCUT2D eigenvalue weighted by Gasteiger charge is 2.49. The number of amides is 1. The van der Waals surface area contributed by atoms with Gasteiger partial charge in [0.25, 0.3) is 0 Å². The lowest BCUT2D eigenvalue weighted by atomic mass is 9.77. The summed E-state index contributed by atoms with van der Waals surface area (Å²) in [6.45, 7) is 5.15. The number of methoxy groups -OCH3 is 1. The number of carbonyl (C=O) groups is 1. The van der Waals surface area contributed by atoms with E-state index in [9.17, 15) is 4.79 Å². The Kier molecular flexibility index (Phi) is 5.87. The lowest BCUT2D eigenvalue weighted by Gasteiger charge is -2.26. The van der Waals surface area contributed by atoms with Gasteiger partial charge in [-0.3, -0.25) is 4.79 Å². The normalized spacial score (nSPS) is 17.6. The van der Waals surface area contributed by atoms with Crippen molar-refractivity contribution >= 4 is 40.5 Å². The number of nitrogens with one attached hydrogen (secondary N) is 1. The molecule has 1 atom stereocenters. The molecule has 6 heteroatoms. The topological polar surface area (TPSA) is 41.6 Å². The summed E-state index contributed by atoms with van der Waals surface area (Å²) in [6, 6.07) is 19.0. The molecule has 0 radical (unpaired) electrons. The predicted octanol–water partition coefficient (Wildman–Crippen LogP) is 6.29. The summed E-state index contributed by atoms with van der Waals surface area (Å²) in [7, 11) is 1.64. The highest BCUT2D eigenvalue weighted by atomic mass is 35.5. The number of ether oxygens (including phenoxy) is 1. The van der Waals surface area contributed by atoms with E-state index in [1.165, 1.54) is 0 Å². The van der Waals surface area contributed by atoms with Gasteiger partial charge in [0.1, 0.15) is 11.2 Å². The Labute approximate surface area is 192 Å². The van der Waals surface area contributed by atoms with E-state index < -0.39 is 5.41 Å². The first-order valence-corrected chi connectivity index (χ1v) is 10.9. The molecule has 0 fully saturated rings. The Morgan fingerprint density at radius 1 is 1.03 bits per heavy atom. The second-order valence-corrected chi connectivity index (χ2v) is 8.56. The van der Waals surface area contributed by atoms with Gasteiger partial charge in [-0.1, -0.05) is 47.5 Å². The van der Waals surface area contributed by atoms with Crippen molar-refractivity contribution in [2.45, 2.75) is 25.8 Å². The van der Waals surface area contributed by atoms with Crippen LogP contribution in [0.25, 0.3) is 0 Å². The first-order chi connectivity index (χ1) is 14.9. The molecule has 1 aliphatic rings. The van der Waals surface area contributed by atoms with E-state index in [1.807, 2.05) is 74.5 Å². The number of halogens is 2. The highest BCUT2D eigenvalue weighted by Crippen LogP contribution is 2.49. The third-order valence-electron chi connectivity index (χ3n) is 5.87. The van der Waals surface area contributed by atoms with Gasteiger partial charge in [0, 0.05) is 39.6 Å². The van der Waals surface area contributed by atoms with Gasteiger partial charge in [-0.2, -0.15) is 0 Å². The molecule has 4 rings (SSSR count). The molecule has 1 aliphatic heterocycles. The van der Waals surface area contributed by atoms with Crippen LogP contribution in [0.3, 0.4) is 0 Å². The van der Waals surface area contributed by atoms with Crippen molar-refractivity contribution in [3.8, 4) is 5.75 Å². The summed E-state index contributed by atoms with van der Waals surface area (Å²) in [5.41, 5.74) is 3.40. The van der Waals surface area contributed by atoms with Gasteiger partial charge in [-0.15, -0.1) is 0 Å². The van der Waals surface area contributed by atoms with Gasteiger partial charge in [0.15, 0.2) is 0 Å². The Bertz CT molecular complexity index is 1150. The van der Waals surface area contributed by atoms with Crippen LogP contribution in [0.2, 0.25) is 10.0 Å². The van der Waals surface area contributed by atoms with Crippen LogP contribution in [0, 0.1) is 0 Å². The Hall–Kier alpha value is -2.69. The number of anilines is 2. The van der Waals surface area contributed by atoms with Crippen LogP contribution in [0.5, 0.6) is 5.75 Å². The van der Waals surface area contributed by atoms with Crippen LogP contribution in [0.4, 0.5) is 11.4 Å². The fraction of sp³-hybridized carbons (Fsp3) is 0.240. The highest BCUT2D eigenvalue weighted by molar-refractivity contribution is 6.32. The maximum atomic E-state index is 13.9. The molecule has 31 heavy (non-hydrogen) atoms. The van der Waals surface area contributed by atoms with Crippen molar-refractivity contribution in [2.75, 3.05) is 23.9 Å². The minimum absolute atomic E-state index is 0.0457. The number of rotatable bonds is 6. The van der Waals surface area contributed by atoms with Crippen molar-refractivity contribution in [2.24, 2.45) is 0 Å². The number of hydrogen-bond acceptors (Lipinski definition) is 3. The van der Waals surface area contributed by atoms with Crippen LogP contribution in [0.15, 0.2) is 60.7 Å². The van der Waals surface area contributed by atoms with E-state index in [2.05, 4.69) is 5.32 Å². The van der Waals surface area contributed by atoms with Crippen molar-refractivity contribution in [3.63, 3.8) is 0 Å². The van der Waals surface area contributed by atoms with E-state index >= 15 is 0 Å². The minimum Gasteiger partial charge on any atom is -0.496 e. The molecule has 0 aromatic heterocycles. The fourth-order valence-corrected chi connectivity index (χ4v) is 4.78. The molecule has 4 nitrogen and oxygen atoms in total. The molecule has 0 bridgehead atoms. The molecule has 1 unspecified atom stereocenters. The zero-order chi connectivity index (χ0) is 22.2. The number of fused-ring (bicyclic) bond motifs is 1. The Balaban J connectivity index is 1.81. The summed E-state index contributed by atoms with van der Waals surface area (Å²) in [5.74, 6) is 0.684. The molecule has 1 amide bonds. The van der Waals surface area contributed by atoms with E-state index in [4.69, 9.17) is 27.9 Å². The molecule has 0 spiro atoms. The van der Waals surface area contributed by atoms with E-state index in [0.29, 0.717) is 16.6 Å². The average molecular weight is 455 g/mol. The summed E-state index contributed by atoms with van der Waals surface area (Å²) in [5, 5.41) is 4.42. The summed E-state index contributed by atoms with van der Waals surface area (Å²) in [4.78, 5) is 15.7. The third kappa shape index (κ3) is 3.64. The molecule has 1 N–H and O–H groups in total. The molecule has 160 valence electrons. The maximum absolute atomic E-state index is 13.9. The van der Waals surface area contributed by atoms with Gasteiger partial charge in [0.2, 0.25) is 5.91 Å². The monoisotopic (exact) mass is 454 g/mol. The smallest absolute Gasteiger partial charge is 0.242 e. The standard InChI is InChI=1S/C25H24Cl2N2O2/c1-4-28-18-11-9-16(23(14-18)31-3)15-29-22-12-10-17(26)13-20(22)25(2,24(29)30)19-7-5-6-8-21(19)27/h5-14,28H,4,15H2,1-3H3. The number of carbonyl (C=O) groups excluding carboxylic acids is 1. The van der Waals surface area contributed by atoms with Crippen LogP contribution < -0.4 is 15.0 Å². The average Bonchev–Trinajstić information content (AvgIpc) is 2.97. The zero-order valence-electron chi connectivity index (χ0n) is 17.7. The minimum atomic E-state index is -0.935. The van der Waals surface area contributed by atoms with Crippen molar-refractivity contribution in [3.05, 3.63) is 87.4 Å². The quantitative estimate of drug-likeness (QED) is 0.475. The Morgan fingerprint density at radius 2 is 1.81 bits per heavy atom. The van der Waals surface area contributed by atoms with E-state index in [-0.39, 0.29) is 5.91 Å². The summed E-state index contributed by atoms with van der Waals surface area (Å²) in [6.07, 6.45) is 0. The summed E-state index contributed by atoms with van der Waals surface area (Å²) >= 11 is 12.9. The molecular formula is C25H24Cl2N2O2. The largest absolute Gasteiger partial charge is 0.496 e. The SMILES string of the molecule is CCNc1ccc(CN2C(=O)C(C)(c3ccccc3Cl)c3cc(Cl)ccc32)c(OC)c1. The maximum Gasteiger partial charge on any atom is 0.242 e. The van der Waals surface area contributed by atoms with Gasteiger partial charge in [-0.25, -0.2) is 0 Å². The van der Waals surface area contributed by atoms with E-state index in [0.717, 1.165) is 40.4 Å². The number of hydrogen-bond donors (Lipinski definition) is 1. The number of benzene rings is 3. The van der Waals surface area contributed by atoms with Crippen LogP contribution in [-0.4, -0.2) is 19.6 Å². The Morgan fingerprint density at radius 3 is 2.52 bits per heavy atom. The molecule has 3 aromatic rings. The first kappa shape index (κ1) is 21.5. The van der Waals surface area contributed by atoms with Crippen molar-refractivity contribution < 1.29 is 9.53 Å². The lowest BCUT2D eigenvalue weighted by molar-refractivity contribution is -0.121. The van der Waals surface area contributed by atoms with Gasteiger partial charge < -0.3 is 15.0 Å². The molecule has 0 saturated carbocycles. The molecule has 0 aliphatic carbocycles. The van der Waals surface area contributed by atoms with Gasteiger partial charge >= 0.3 is 0 Å². The summed E-state index contributed by atoms with van der Waals surface area (Å²) < 4.78 is 5.62. The van der Waals surface area contributed by atoms with Gasteiger partial charge in [0.05, 0.1) is 13.7 Å². The van der Waals surface area contributed by atoms with E-state index in [1.54, 1.807) is 12.0 Å². The predicted molar refractivity (Wildman–Crippen MR) is 128 cm³/mol. The second-order valence-electron chi connectivity index (χ2n) is 7.71. The molecular weight excluding hydrogens is 431 g/mol. The van der Waals surface area contributed by atoms with Crippen molar-refractivity contribution in [1.29, 1.82) is 0 Å². The van der Waals surface area contributed by atoms with Crippen LogP contribution >= 0.6 is 23.2 Å². The van der Waals surface area contributed by atoms with Crippen LogP contribution in [-0.2, 0) is 16.8 Å². The fourth-order valence-electron chi connectivity index (χ4n) is 4.28. The van der Waals surface area contributed by atoms with Crippen molar-refractivity contribution in [1.82, 2.24) is 0 Å².